The van der Waals surface area contributed by atoms with Gasteiger partial charge >= 0.3 is 5.97 Å². The lowest BCUT2D eigenvalue weighted by atomic mass is 10.1. The van der Waals surface area contributed by atoms with Gasteiger partial charge in [0.05, 0.1) is 18.4 Å². The van der Waals surface area contributed by atoms with E-state index in [1.165, 1.54) is 4.31 Å². The number of esters is 1. The van der Waals surface area contributed by atoms with Gasteiger partial charge in [-0.3, -0.25) is 4.79 Å². The van der Waals surface area contributed by atoms with E-state index in [2.05, 4.69) is 5.32 Å². The van der Waals surface area contributed by atoms with Gasteiger partial charge in [-0.15, -0.1) is 0 Å². The van der Waals surface area contributed by atoms with E-state index in [1.807, 2.05) is 0 Å². The summed E-state index contributed by atoms with van der Waals surface area (Å²) in [5.74, 6) is -0.726. The van der Waals surface area contributed by atoms with E-state index >= 15 is 0 Å². The molecule has 0 aliphatic heterocycles. The maximum atomic E-state index is 12.1. The number of carbonyl (C=O) groups excluding carboxylic acids is 2. The van der Waals surface area contributed by atoms with Crippen LogP contribution in [0.5, 0.6) is 0 Å². The van der Waals surface area contributed by atoms with Crippen molar-refractivity contribution in [3.63, 3.8) is 0 Å². The molecule has 1 N–H and O–H groups in total. The SMILES string of the molecule is CCOC(=O)c1ccc(NC(=O)CCN(C(C)(C)C)S(C)(=O)=O)cc1. The predicted molar refractivity (Wildman–Crippen MR) is 96.9 cm³/mol. The fourth-order valence-electron chi connectivity index (χ4n) is 2.33. The first-order valence-electron chi connectivity index (χ1n) is 8.00. The van der Waals surface area contributed by atoms with Crippen LogP contribution in [0.3, 0.4) is 0 Å². The van der Waals surface area contributed by atoms with Crippen LogP contribution in [0.2, 0.25) is 0 Å². The summed E-state index contributed by atoms with van der Waals surface area (Å²) in [6, 6.07) is 6.32. The highest BCUT2D eigenvalue weighted by Gasteiger charge is 2.29. The summed E-state index contributed by atoms with van der Waals surface area (Å²) >= 11 is 0. The summed E-state index contributed by atoms with van der Waals surface area (Å²) in [6.07, 6.45) is 1.16. The lowest BCUT2D eigenvalue weighted by molar-refractivity contribution is -0.116. The zero-order chi connectivity index (χ0) is 19.3. The van der Waals surface area contributed by atoms with Crippen molar-refractivity contribution < 1.29 is 22.7 Å². The Bertz CT molecular complexity index is 706. The highest BCUT2D eigenvalue weighted by atomic mass is 32.2. The molecule has 0 atom stereocenters. The summed E-state index contributed by atoms with van der Waals surface area (Å²) < 4.78 is 29.9. The highest BCUT2D eigenvalue weighted by molar-refractivity contribution is 7.88. The molecule has 1 rings (SSSR count). The van der Waals surface area contributed by atoms with Gasteiger partial charge < -0.3 is 10.1 Å². The van der Waals surface area contributed by atoms with E-state index < -0.39 is 21.5 Å². The molecule has 0 aliphatic rings. The van der Waals surface area contributed by atoms with Gasteiger partial charge in [-0.25, -0.2) is 13.2 Å². The van der Waals surface area contributed by atoms with Crippen LogP contribution >= 0.6 is 0 Å². The zero-order valence-electron chi connectivity index (χ0n) is 15.3. The number of amides is 1. The van der Waals surface area contributed by atoms with Crippen molar-refractivity contribution in [3.05, 3.63) is 29.8 Å². The smallest absolute Gasteiger partial charge is 0.338 e. The first-order chi connectivity index (χ1) is 11.4. The van der Waals surface area contributed by atoms with Gasteiger partial charge in [-0.1, -0.05) is 0 Å². The Labute approximate surface area is 149 Å². The maximum absolute atomic E-state index is 12.1. The minimum Gasteiger partial charge on any atom is -0.462 e. The number of rotatable bonds is 7. The van der Waals surface area contributed by atoms with Crippen molar-refractivity contribution >= 4 is 27.6 Å². The molecule has 25 heavy (non-hydrogen) atoms. The molecule has 0 saturated carbocycles. The van der Waals surface area contributed by atoms with E-state index in [-0.39, 0.29) is 18.9 Å². The number of nitrogens with zero attached hydrogens (tertiary/aromatic N) is 1. The summed E-state index contributed by atoms with van der Waals surface area (Å²) in [7, 11) is -3.41. The number of hydrogen-bond acceptors (Lipinski definition) is 5. The molecule has 0 radical (unpaired) electrons. The van der Waals surface area contributed by atoms with E-state index in [1.54, 1.807) is 52.0 Å². The molecular formula is C17H26N2O5S. The molecule has 8 heteroatoms. The van der Waals surface area contributed by atoms with Crippen LogP contribution in [-0.4, -0.2) is 49.5 Å². The van der Waals surface area contributed by atoms with Crippen LogP contribution in [0.15, 0.2) is 24.3 Å². The minimum atomic E-state index is -3.41. The first kappa shape index (κ1) is 21.1. The fraction of sp³-hybridized carbons (Fsp3) is 0.529. The minimum absolute atomic E-state index is 0.0317. The van der Waals surface area contributed by atoms with Gasteiger partial charge in [0.1, 0.15) is 0 Å². The molecule has 1 amide bonds. The van der Waals surface area contributed by atoms with Crippen molar-refractivity contribution in [1.82, 2.24) is 4.31 Å². The standard InChI is InChI=1S/C17H26N2O5S/c1-6-24-16(21)13-7-9-14(10-8-13)18-15(20)11-12-19(17(2,3)4)25(5,22)23/h7-10H,6,11-12H2,1-5H3,(H,18,20). The van der Waals surface area contributed by atoms with Gasteiger partial charge in [-0.2, -0.15) is 4.31 Å². The van der Waals surface area contributed by atoms with Gasteiger partial charge in [0.2, 0.25) is 15.9 Å². The van der Waals surface area contributed by atoms with Gasteiger partial charge in [-0.05, 0) is 52.0 Å². The molecule has 0 saturated heterocycles. The summed E-state index contributed by atoms with van der Waals surface area (Å²) in [4.78, 5) is 23.6. The van der Waals surface area contributed by atoms with Crippen molar-refractivity contribution in [2.24, 2.45) is 0 Å². The molecule has 1 aromatic rings. The Morgan fingerprint density at radius 3 is 2.16 bits per heavy atom. The van der Waals surface area contributed by atoms with Crippen LogP contribution in [0, 0.1) is 0 Å². The van der Waals surface area contributed by atoms with Crippen molar-refractivity contribution in [1.29, 1.82) is 0 Å². The van der Waals surface area contributed by atoms with Gasteiger partial charge in [0.25, 0.3) is 0 Å². The third kappa shape index (κ3) is 6.83. The second kappa shape index (κ2) is 8.44. The largest absolute Gasteiger partial charge is 0.462 e. The Morgan fingerprint density at radius 2 is 1.72 bits per heavy atom. The predicted octanol–water partition coefficient (Wildman–Crippen LogP) is 2.25. The Balaban J connectivity index is 2.66. The number of benzene rings is 1. The van der Waals surface area contributed by atoms with E-state index in [9.17, 15) is 18.0 Å². The summed E-state index contributed by atoms with van der Waals surface area (Å²) in [6.45, 7) is 7.45. The van der Waals surface area contributed by atoms with Gasteiger partial charge in [0.15, 0.2) is 0 Å². The van der Waals surface area contributed by atoms with Crippen molar-refractivity contribution in [2.75, 3.05) is 24.7 Å². The second-order valence-corrected chi connectivity index (χ2v) is 8.51. The topological polar surface area (TPSA) is 92.8 Å². The van der Waals surface area contributed by atoms with Crippen LogP contribution in [-0.2, 0) is 19.6 Å². The molecule has 0 bridgehead atoms. The average Bonchev–Trinajstić information content (AvgIpc) is 2.45. The first-order valence-corrected chi connectivity index (χ1v) is 9.85. The molecule has 0 aliphatic carbocycles. The number of ether oxygens (including phenoxy) is 1. The van der Waals surface area contributed by atoms with Crippen LogP contribution < -0.4 is 5.32 Å². The molecular weight excluding hydrogens is 344 g/mol. The number of sulfonamides is 1. The zero-order valence-corrected chi connectivity index (χ0v) is 16.1. The quantitative estimate of drug-likeness (QED) is 0.743. The molecule has 7 nitrogen and oxygen atoms in total. The van der Waals surface area contributed by atoms with E-state index in [4.69, 9.17) is 4.74 Å². The molecule has 0 fully saturated rings. The molecule has 0 aromatic heterocycles. The molecule has 0 unspecified atom stereocenters. The van der Waals surface area contributed by atoms with Crippen molar-refractivity contribution in [3.8, 4) is 0 Å². The number of nitrogens with one attached hydrogen (secondary N) is 1. The number of anilines is 1. The highest BCUT2D eigenvalue weighted by Crippen LogP contribution is 2.18. The lowest BCUT2D eigenvalue weighted by Crippen LogP contribution is -2.46. The Hall–Kier alpha value is -1.93. The second-order valence-electron chi connectivity index (χ2n) is 6.60. The van der Waals surface area contributed by atoms with Crippen LogP contribution in [0.25, 0.3) is 0 Å². The normalized spacial score (nSPS) is 12.1. The lowest BCUT2D eigenvalue weighted by Gasteiger charge is -2.33. The monoisotopic (exact) mass is 370 g/mol. The summed E-state index contributed by atoms with van der Waals surface area (Å²) in [5, 5.41) is 2.69. The van der Waals surface area contributed by atoms with E-state index in [0.29, 0.717) is 17.9 Å². The Morgan fingerprint density at radius 1 is 1.16 bits per heavy atom. The molecule has 0 spiro atoms. The fourth-order valence-corrected chi connectivity index (χ4v) is 3.75. The molecule has 0 heterocycles. The van der Waals surface area contributed by atoms with Crippen LogP contribution in [0.1, 0.15) is 44.5 Å². The Kier molecular flexibility index (Phi) is 7.13. The maximum Gasteiger partial charge on any atom is 0.338 e. The van der Waals surface area contributed by atoms with E-state index in [0.717, 1.165) is 6.26 Å². The van der Waals surface area contributed by atoms with Crippen LogP contribution in [0.4, 0.5) is 5.69 Å². The summed E-state index contributed by atoms with van der Waals surface area (Å²) in [5.41, 5.74) is 0.324. The third-order valence-electron chi connectivity index (χ3n) is 3.37. The van der Waals surface area contributed by atoms with Crippen molar-refractivity contribution in [2.45, 2.75) is 39.7 Å². The molecule has 1 aromatic carbocycles. The third-order valence-corrected chi connectivity index (χ3v) is 4.90. The molecule has 140 valence electrons. The number of hydrogen-bond donors (Lipinski definition) is 1. The number of carbonyl (C=O) groups is 2. The van der Waals surface area contributed by atoms with Gasteiger partial charge in [0, 0.05) is 24.2 Å². The average molecular weight is 370 g/mol.